The number of pyridine rings is 2. The average Bonchev–Trinajstić information content (AvgIpc) is 2.87. The van der Waals surface area contributed by atoms with E-state index in [1.807, 2.05) is 30.3 Å². The Kier molecular flexibility index (Phi) is 4.10. The van der Waals surface area contributed by atoms with Crippen molar-refractivity contribution in [3.05, 3.63) is 64.8 Å². The highest BCUT2D eigenvalue weighted by Gasteiger charge is 2.46. The summed E-state index contributed by atoms with van der Waals surface area (Å²) in [4.78, 5) is 25.8. The Morgan fingerprint density at radius 1 is 1.11 bits per heavy atom. The second kappa shape index (κ2) is 6.65. The van der Waals surface area contributed by atoms with Gasteiger partial charge in [0, 0.05) is 34.8 Å². The molecule has 5 rings (SSSR count). The normalized spacial score (nSPS) is 17.0. The van der Waals surface area contributed by atoms with E-state index >= 15 is 0 Å². The van der Waals surface area contributed by atoms with Crippen LogP contribution in [0, 0.1) is 0 Å². The number of anilines is 3. The number of rotatable bonds is 2. The summed E-state index contributed by atoms with van der Waals surface area (Å²) in [5.41, 5.74) is 2.46. The number of fused-ring (bicyclic) bond motifs is 3. The largest absolute Gasteiger partial charge is 0.347 e. The zero-order chi connectivity index (χ0) is 19.3. The molecule has 1 saturated heterocycles. The summed E-state index contributed by atoms with van der Waals surface area (Å²) in [6.07, 6.45) is 2.51. The van der Waals surface area contributed by atoms with Crippen molar-refractivity contribution in [3.63, 3.8) is 0 Å². The monoisotopic (exact) mass is 411 g/mol. The van der Waals surface area contributed by atoms with E-state index in [1.165, 1.54) is 0 Å². The summed E-state index contributed by atoms with van der Waals surface area (Å²) in [5.74, 6) is 1.13. The molecule has 3 aromatic rings. The Labute approximate surface area is 171 Å². The molecule has 140 valence electrons. The summed E-state index contributed by atoms with van der Waals surface area (Å²) in [7, 11) is 0. The number of halogens is 2. The SMILES string of the molecule is O=C(Nc1ccccn1)N1c2nc(-c3cc(Cl)cc(Cl)c3)ccc2N2CC[C@@H]21. The van der Waals surface area contributed by atoms with Gasteiger partial charge in [-0.15, -0.1) is 0 Å². The lowest BCUT2D eigenvalue weighted by atomic mass is 10.1. The third-order valence-electron chi connectivity index (χ3n) is 4.96. The van der Waals surface area contributed by atoms with Gasteiger partial charge in [-0.3, -0.25) is 10.2 Å². The van der Waals surface area contributed by atoms with Crippen LogP contribution in [-0.4, -0.2) is 28.7 Å². The molecule has 0 bridgehead atoms. The van der Waals surface area contributed by atoms with Gasteiger partial charge >= 0.3 is 6.03 Å². The third kappa shape index (κ3) is 2.85. The van der Waals surface area contributed by atoms with Gasteiger partial charge < -0.3 is 4.90 Å². The standard InChI is InChI=1S/C20H15Cl2N5O/c21-13-9-12(10-14(22)11-13)15-4-5-16-19(24-15)27(18-6-8-26(16)18)20(28)25-17-3-1-2-7-23-17/h1-5,7,9-11,18H,6,8H2,(H,23,25,28)/t18-/m0/s1. The predicted molar refractivity (Wildman–Crippen MR) is 111 cm³/mol. The number of carbonyl (C=O) groups excluding carboxylic acids is 1. The number of urea groups is 1. The number of amides is 2. The molecule has 1 aromatic carbocycles. The van der Waals surface area contributed by atoms with Crippen LogP contribution in [0.5, 0.6) is 0 Å². The molecule has 4 heterocycles. The van der Waals surface area contributed by atoms with Gasteiger partial charge in [-0.05, 0) is 42.5 Å². The first kappa shape index (κ1) is 17.3. The molecule has 1 fully saturated rings. The lowest BCUT2D eigenvalue weighted by Gasteiger charge is -2.39. The van der Waals surface area contributed by atoms with Crippen molar-refractivity contribution in [1.82, 2.24) is 9.97 Å². The maximum atomic E-state index is 13.0. The Morgan fingerprint density at radius 2 is 1.93 bits per heavy atom. The van der Waals surface area contributed by atoms with Crippen molar-refractivity contribution >= 4 is 46.6 Å². The van der Waals surface area contributed by atoms with Crippen molar-refractivity contribution in [2.75, 3.05) is 21.7 Å². The summed E-state index contributed by atoms with van der Waals surface area (Å²) >= 11 is 12.3. The Morgan fingerprint density at radius 3 is 2.61 bits per heavy atom. The first-order valence-electron chi connectivity index (χ1n) is 8.85. The maximum Gasteiger partial charge on any atom is 0.330 e. The number of hydrogen-bond donors (Lipinski definition) is 1. The third-order valence-corrected chi connectivity index (χ3v) is 5.39. The van der Waals surface area contributed by atoms with E-state index in [4.69, 9.17) is 28.2 Å². The van der Waals surface area contributed by atoms with Crippen molar-refractivity contribution in [2.24, 2.45) is 0 Å². The van der Waals surface area contributed by atoms with Crippen molar-refractivity contribution in [1.29, 1.82) is 0 Å². The molecule has 2 aromatic heterocycles. The number of carbonyl (C=O) groups is 1. The molecule has 0 unspecified atom stereocenters. The Bertz CT molecular complexity index is 1060. The summed E-state index contributed by atoms with van der Waals surface area (Å²) < 4.78 is 0. The first-order valence-corrected chi connectivity index (χ1v) is 9.61. The molecular weight excluding hydrogens is 397 g/mol. The molecule has 8 heteroatoms. The molecule has 0 spiro atoms. The molecule has 0 aliphatic carbocycles. The van der Waals surface area contributed by atoms with E-state index in [2.05, 4.69) is 15.2 Å². The predicted octanol–water partition coefficient (Wildman–Crippen LogP) is 5.04. The van der Waals surface area contributed by atoms with Crippen LogP contribution in [0.25, 0.3) is 11.3 Å². The molecule has 2 aliphatic rings. The molecule has 2 aliphatic heterocycles. The van der Waals surface area contributed by atoms with Crippen LogP contribution in [0.2, 0.25) is 10.0 Å². The van der Waals surface area contributed by atoms with Gasteiger partial charge in [-0.1, -0.05) is 29.3 Å². The van der Waals surface area contributed by atoms with E-state index in [-0.39, 0.29) is 12.2 Å². The quantitative estimate of drug-likeness (QED) is 0.641. The van der Waals surface area contributed by atoms with Gasteiger partial charge in [0.15, 0.2) is 5.82 Å². The van der Waals surface area contributed by atoms with E-state index in [1.54, 1.807) is 29.3 Å². The van der Waals surface area contributed by atoms with E-state index in [9.17, 15) is 4.79 Å². The van der Waals surface area contributed by atoms with Crippen LogP contribution in [0.4, 0.5) is 22.1 Å². The molecule has 0 radical (unpaired) electrons. The van der Waals surface area contributed by atoms with Crippen molar-refractivity contribution < 1.29 is 4.79 Å². The molecule has 1 N–H and O–H groups in total. The van der Waals surface area contributed by atoms with Gasteiger partial charge in [-0.2, -0.15) is 0 Å². The molecule has 28 heavy (non-hydrogen) atoms. The van der Waals surface area contributed by atoms with Gasteiger partial charge in [-0.25, -0.2) is 14.8 Å². The zero-order valence-corrected chi connectivity index (χ0v) is 16.2. The van der Waals surface area contributed by atoms with Crippen LogP contribution >= 0.6 is 23.2 Å². The smallest absolute Gasteiger partial charge is 0.330 e. The molecule has 1 atom stereocenters. The van der Waals surface area contributed by atoms with Gasteiger partial charge in [0.1, 0.15) is 12.0 Å². The number of hydrogen-bond acceptors (Lipinski definition) is 4. The van der Waals surface area contributed by atoms with Crippen LogP contribution in [0.1, 0.15) is 6.42 Å². The fourth-order valence-corrected chi connectivity index (χ4v) is 4.13. The number of nitrogens with zero attached hydrogens (tertiary/aromatic N) is 4. The van der Waals surface area contributed by atoms with Gasteiger partial charge in [0.2, 0.25) is 0 Å². The van der Waals surface area contributed by atoms with Gasteiger partial charge in [0.25, 0.3) is 0 Å². The molecule has 2 amide bonds. The number of nitrogens with one attached hydrogen (secondary N) is 1. The van der Waals surface area contributed by atoms with Crippen molar-refractivity contribution in [2.45, 2.75) is 12.6 Å². The van der Waals surface area contributed by atoms with Crippen LogP contribution < -0.4 is 15.1 Å². The molecule has 6 nitrogen and oxygen atoms in total. The zero-order valence-electron chi connectivity index (χ0n) is 14.6. The second-order valence-electron chi connectivity index (χ2n) is 6.68. The summed E-state index contributed by atoms with van der Waals surface area (Å²) in [6.45, 7) is 0.898. The number of aromatic nitrogens is 2. The highest BCUT2D eigenvalue weighted by atomic mass is 35.5. The van der Waals surface area contributed by atoms with Gasteiger partial charge in [0.05, 0.1) is 11.4 Å². The van der Waals surface area contributed by atoms with E-state index in [0.717, 1.165) is 24.2 Å². The molecule has 0 saturated carbocycles. The fraction of sp³-hybridized carbons (Fsp3) is 0.150. The summed E-state index contributed by atoms with van der Waals surface area (Å²) in [5, 5.41) is 3.93. The highest BCUT2D eigenvalue weighted by Crippen LogP contribution is 2.45. The Balaban J connectivity index is 1.52. The van der Waals surface area contributed by atoms with E-state index in [0.29, 0.717) is 27.4 Å². The topological polar surface area (TPSA) is 61.4 Å². The fourth-order valence-electron chi connectivity index (χ4n) is 3.61. The van der Waals surface area contributed by atoms with E-state index < -0.39 is 0 Å². The van der Waals surface area contributed by atoms with Crippen LogP contribution in [0.15, 0.2) is 54.7 Å². The van der Waals surface area contributed by atoms with Crippen LogP contribution in [-0.2, 0) is 0 Å². The lowest BCUT2D eigenvalue weighted by Crippen LogP contribution is -2.56. The minimum atomic E-state index is -0.249. The summed E-state index contributed by atoms with van der Waals surface area (Å²) in [6, 6.07) is 14.4. The average molecular weight is 412 g/mol. The first-order chi connectivity index (χ1) is 13.6. The maximum absolute atomic E-state index is 13.0. The minimum Gasteiger partial charge on any atom is -0.347 e. The van der Waals surface area contributed by atoms with Crippen molar-refractivity contribution in [3.8, 4) is 11.3 Å². The second-order valence-corrected chi connectivity index (χ2v) is 7.55. The lowest BCUT2D eigenvalue weighted by molar-refractivity contribution is 0.252. The minimum absolute atomic E-state index is 0.0237. The molecular formula is C20H15Cl2N5O. The van der Waals surface area contributed by atoms with Crippen LogP contribution in [0.3, 0.4) is 0 Å². The Hall–Kier alpha value is -2.83. The number of benzene rings is 1. The highest BCUT2D eigenvalue weighted by molar-refractivity contribution is 6.35.